The Bertz CT molecular complexity index is 1210. The van der Waals surface area contributed by atoms with E-state index in [9.17, 15) is 18.8 Å². The van der Waals surface area contributed by atoms with Crippen LogP contribution in [0.25, 0.3) is 0 Å². The molecule has 11 heteroatoms. The molecule has 9 nitrogen and oxygen atoms in total. The third kappa shape index (κ3) is 3.75. The lowest BCUT2D eigenvalue weighted by Crippen LogP contribution is -2.46. The van der Waals surface area contributed by atoms with Gasteiger partial charge in [0.2, 0.25) is 0 Å². The van der Waals surface area contributed by atoms with Crippen LogP contribution in [0.2, 0.25) is 5.02 Å². The molecule has 1 aliphatic carbocycles. The predicted molar refractivity (Wildman–Crippen MR) is 119 cm³/mol. The number of Topliss-reactive ketones (excluding diaryl/α,β-unsaturated/α-hetero) is 1. The molecular weight excluding hydrogens is 451 g/mol. The van der Waals surface area contributed by atoms with Crippen molar-refractivity contribution in [1.82, 2.24) is 26.3 Å². The molecular formula is C22H22ClFN6O3. The average molecular weight is 473 g/mol. The number of halogens is 2. The molecule has 5 N–H and O–H groups in total. The van der Waals surface area contributed by atoms with Crippen molar-refractivity contribution < 1.29 is 18.8 Å². The van der Waals surface area contributed by atoms with E-state index in [1.807, 2.05) is 0 Å². The third-order valence-electron chi connectivity index (χ3n) is 6.28. The van der Waals surface area contributed by atoms with Gasteiger partial charge in [0.05, 0.1) is 16.8 Å². The Balaban J connectivity index is 1.42. The topological polar surface area (TPSA) is 116 Å². The first-order valence-electron chi connectivity index (χ1n) is 10.6. The van der Waals surface area contributed by atoms with Gasteiger partial charge in [-0.05, 0) is 56.4 Å². The van der Waals surface area contributed by atoms with Gasteiger partial charge in [-0.2, -0.15) is 5.53 Å². The number of benzene rings is 1. The molecule has 0 atom stereocenters. The second-order valence-corrected chi connectivity index (χ2v) is 8.92. The second-order valence-electron chi connectivity index (χ2n) is 8.48. The minimum Gasteiger partial charge on any atom is -0.340 e. The van der Waals surface area contributed by atoms with Crippen molar-refractivity contribution >= 4 is 34.9 Å². The maximum atomic E-state index is 13.7. The van der Waals surface area contributed by atoms with Gasteiger partial charge in [0, 0.05) is 29.1 Å². The molecule has 2 aliphatic heterocycles. The molecule has 33 heavy (non-hydrogen) atoms. The van der Waals surface area contributed by atoms with Crippen LogP contribution in [0.15, 0.2) is 30.1 Å². The quantitative estimate of drug-likeness (QED) is 0.325. The van der Waals surface area contributed by atoms with E-state index in [2.05, 4.69) is 27.0 Å². The number of hydrogen-bond acceptors (Lipinski definition) is 6. The molecule has 0 spiro atoms. The molecule has 172 valence electrons. The van der Waals surface area contributed by atoms with Gasteiger partial charge in [0.1, 0.15) is 11.5 Å². The van der Waals surface area contributed by atoms with E-state index in [0.717, 1.165) is 24.3 Å². The number of nitrogens with zero attached hydrogens (tertiary/aromatic N) is 1. The van der Waals surface area contributed by atoms with Crippen LogP contribution in [0, 0.1) is 12.7 Å². The van der Waals surface area contributed by atoms with Gasteiger partial charge in [-0.1, -0.05) is 11.6 Å². The summed E-state index contributed by atoms with van der Waals surface area (Å²) in [5.74, 6) is -2.45. The lowest BCUT2D eigenvalue weighted by atomic mass is 10.0. The van der Waals surface area contributed by atoms with Gasteiger partial charge in [-0.3, -0.25) is 14.4 Å². The fourth-order valence-electron chi connectivity index (χ4n) is 4.61. The summed E-state index contributed by atoms with van der Waals surface area (Å²) in [6.45, 7) is 2.21. The standard InChI is InChI=1S/C22H22ClFN6O3/c1-11-17(19(31)21(33)27-22(4-5-22)16-10-25-29-28-16)15-3-2-6-30(15)18(11)20(32)26-14-8-12(23)7-13(24)9-14/h7-10,25,28-29H,2-6H2,1H3,(H,26,32)(H,27,33). The minimum atomic E-state index is -0.714. The van der Waals surface area contributed by atoms with E-state index in [0.29, 0.717) is 37.1 Å². The minimum absolute atomic E-state index is 0.154. The zero-order valence-electron chi connectivity index (χ0n) is 17.8. The Morgan fingerprint density at radius 3 is 2.67 bits per heavy atom. The smallest absolute Gasteiger partial charge is 0.293 e. The molecule has 0 bridgehead atoms. The molecule has 1 aromatic carbocycles. The molecule has 0 saturated heterocycles. The molecule has 1 saturated carbocycles. The number of aromatic nitrogens is 1. The average Bonchev–Trinajstić information content (AvgIpc) is 3.12. The van der Waals surface area contributed by atoms with Crippen LogP contribution in [-0.4, -0.2) is 27.7 Å². The van der Waals surface area contributed by atoms with Gasteiger partial charge >= 0.3 is 0 Å². The molecule has 0 unspecified atom stereocenters. The summed E-state index contributed by atoms with van der Waals surface area (Å²) in [5, 5.41) is 5.66. The molecule has 1 fully saturated rings. The number of anilines is 1. The molecule has 3 aliphatic rings. The first-order valence-corrected chi connectivity index (χ1v) is 11.0. The van der Waals surface area contributed by atoms with Crippen LogP contribution in [-0.2, 0) is 17.8 Å². The van der Waals surface area contributed by atoms with Crippen molar-refractivity contribution in [2.24, 2.45) is 0 Å². The number of carbonyl (C=O) groups is 3. The van der Waals surface area contributed by atoms with Crippen molar-refractivity contribution in [3.8, 4) is 0 Å². The monoisotopic (exact) mass is 472 g/mol. The normalized spacial score (nSPS) is 17.5. The van der Waals surface area contributed by atoms with Gasteiger partial charge in [0.25, 0.3) is 17.6 Å². The summed E-state index contributed by atoms with van der Waals surface area (Å²) in [4.78, 5) is 39.3. The maximum Gasteiger partial charge on any atom is 0.293 e. The number of carbonyl (C=O) groups excluding carboxylic acids is 3. The van der Waals surface area contributed by atoms with Crippen molar-refractivity contribution in [3.05, 3.63) is 63.5 Å². The van der Waals surface area contributed by atoms with E-state index in [4.69, 9.17) is 11.6 Å². The fraction of sp³-hybridized carbons (Fsp3) is 0.318. The maximum absolute atomic E-state index is 13.7. The van der Waals surface area contributed by atoms with E-state index < -0.39 is 29.0 Å². The number of ketones is 1. The number of nitrogens with one attached hydrogen (secondary N) is 5. The Hall–Kier alpha value is -3.37. The van der Waals surface area contributed by atoms with Crippen molar-refractivity contribution in [3.63, 3.8) is 0 Å². The zero-order chi connectivity index (χ0) is 23.3. The molecule has 2 aromatic rings. The molecule has 0 radical (unpaired) electrons. The van der Waals surface area contributed by atoms with Gasteiger partial charge in [0.15, 0.2) is 0 Å². The van der Waals surface area contributed by atoms with Crippen LogP contribution < -0.4 is 27.0 Å². The van der Waals surface area contributed by atoms with Crippen LogP contribution in [0.1, 0.15) is 51.4 Å². The predicted octanol–water partition coefficient (Wildman–Crippen LogP) is 2.07. The first kappa shape index (κ1) is 21.5. The number of amides is 2. The van der Waals surface area contributed by atoms with Crippen LogP contribution in [0.3, 0.4) is 0 Å². The van der Waals surface area contributed by atoms with Crippen molar-refractivity contribution in [2.75, 3.05) is 5.32 Å². The summed E-state index contributed by atoms with van der Waals surface area (Å²) >= 11 is 5.89. The summed E-state index contributed by atoms with van der Waals surface area (Å²) in [6, 6.07) is 3.75. The van der Waals surface area contributed by atoms with E-state index in [1.54, 1.807) is 17.7 Å². The van der Waals surface area contributed by atoms with E-state index in [1.165, 1.54) is 6.07 Å². The van der Waals surface area contributed by atoms with E-state index in [-0.39, 0.29) is 22.0 Å². The number of rotatable bonds is 6. The second kappa shape index (κ2) is 7.89. The zero-order valence-corrected chi connectivity index (χ0v) is 18.5. The van der Waals surface area contributed by atoms with Crippen LogP contribution in [0.5, 0.6) is 0 Å². The van der Waals surface area contributed by atoms with Crippen molar-refractivity contribution in [2.45, 2.75) is 44.7 Å². The van der Waals surface area contributed by atoms with Crippen LogP contribution >= 0.6 is 11.6 Å². The number of fused-ring (bicyclic) bond motifs is 1. The first-order chi connectivity index (χ1) is 15.8. The molecule has 1 aromatic heterocycles. The third-order valence-corrected chi connectivity index (χ3v) is 6.50. The number of hydrazine groups is 2. The highest BCUT2D eigenvalue weighted by molar-refractivity contribution is 6.44. The Morgan fingerprint density at radius 2 is 2.00 bits per heavy atom. The highest BCUT2D eigenvalue weighted by Gasteiger charge is 2.50. The molecule has 2 amide bonds. The highest BCUT2D eigenvalue weighted by Crippen LogP contribution is 2.41. The molecule has 3 heterocycles. The molecule has 5 rings (SSSR count). The lowest BCUT2D eigenvalue weighted by molar-refractivity contribution is -0.117. The fourth-order valence-corrected chi connectivity index (χ4v) is 4.83. The van der Waals surface area contributed by atoms with Gasteiger partial charge in [-0.25, -0.2) is 4.39 Å². The lowest BCUT2D eigenvalue weighted by Gasteiger charge is -2.18. The Kier molecular flexibility index (Phi) is 5.13. The summed E-state index contributed by atoms with van der Waals surface area (Å²) in [6.07, 6.45) is 4.47. The summed E-state index contributed by atoms with van der Waals surface area (Å²) in [5.41, 5.74) is 10.5. The largest absolute Gasteiger partial charge is 0.340 e. The Morgan fingerprint density at radius 1 is 1.21 bits per heavy atom. The Labute approximate surface area is 193 Å². The van der Waals surface area contributed by atoms with E-state index >= 15 is 0 Å². The van der Waals surface area contributed by atoms with Crippen LogP contribution in [0.4, 0.5) is 10.1 Å². The highest BCUT2D eigenvalue weighted by atomic mass is 35.5. The summed E-state index contributed by atoms with van der Waals surface area (Å²) in [7, 11) is 0. The van der Waals surface area contributed by atoms with Gasteiger partial charge in [-0.15, -0.1) is 0 Å². The summed E-state index contributed by atoms with van der Waals surface area (Å²) < 4.78 is 15.5. The van der Waals surface area contributed by atoms with Crippen molar-refractivity contribution in [1.29, 1.82) is 0 Å². The van der Waals surface area contributed by atoms with Gasteiger partial charge < -0.3 is 26.1 Å². The SMILES string of the molecule is Cc1c(C(=O)C(=O)NC2(C3=CNNN3)CC2)c2n(c1C(=O)Nc1cc(F)cc(Cl)c1)CCC2. The number of hydrogen-bond donors (Lipinski definition) is 5.